The van der Waals surface area contributed by atoms with E-state index in [9.17, 15) is 14.4 Å². The van der Waals surface area contributed by atoms with Crippen molar-refractivity contribution >= 4 is 34.5 Å². The average Bonchev–Trinajstić information content (AvgIpc) is 3.32. The number of aryl methyl sites for hydroxylation is 1. The lowest BCUT2D eigenvalue weighted by atomic mass is 9.95. The molecule has 35 heavy (non-hydrogen) atoms. The van der Waals surface area contributed by atoms with Crippen LogP contribution in [0.5, 0.6) is 5.75 Å². The molecular formula is C26H23N3O5S. The molecule has 0 aliphatic carbocycles. The largest absolute Gasteiger partial charge is 0.496 e. The molecule has 2 aliphatic heterocycles. The van der Waals surface area contributed by atoms with Crippen molar-refractivity contribution in [2.24, 2.45) is 4.99 Å². The fourth-order valence-corrected chi connectivity index (χ4v) is 5.68. The van der Waals surface area contributed by atoms with Gasteiger partial charge in [0, 0.05) is 16.8 Å². The highest BCUT2D eigenvalue weighted by molar-refractivity contribution is 7.07. The summed E-state index contributed by atoms with van der Waals surface area (Å²) in [5.41, 5.74) is 3.54. The van der Waals surface area contributed by atoms with Gasteiger partial charge >= 0.3 is 5.97 Å². The molecule has 1 amide bonds. The van der Waals surface area contributed by atoms with Crippen LogP contribution in [-0.4, -0.2) is 30.2 Å². The molecule has 3 heterocycles. The quantitative estimate of drug-likeness (QED) is 0.568. The van der Waals surface area contributed by atoms with Gasteiger partial charge in [-0.2, -0.15) is 0 Å². The SMILES string of the molecule is CCOC(=O)C1=C(C)N=c2s/c(=C3\C(=O)Nc4ccc(C)cc43)c(=O)n2[C@H]1c1ccccc1OC. The predicted octanol–water partition coefficient (Wildman–Crippen LogP) is 2.44. The molecule has 2 aliphatic rings. The molecule has 1 atom stereocenters. The van der Waals surface area contributed by atoms with Crippen LogP contribution in [0.2, 0.25) is 0 Å². The van der Waals surface area contributed by atoms with Crippen molar-refractivity contribution in [1.82, 2.24) is 4.57 Å². The van der Waals surface area contributed by atoms with Crippen LogP contribution < -0.4 is 24.9 Å². The number of fused-ring (bicyclic) bond motifs is 2. The number of esters is 1. The Balaban J connectivity index is 1.85. The first-order valence-electron chi connectivity index (χ1n) is 11.1. The molecular weight excluding hydrogens is 466 g/mol. The number of ether oxygens (including phenoxy) is 2. The van der Waals surface area contributed by atoms with Crippen molar-refractivity contribution in [3.05, 3.63) is 90.1 Å². The number of carbonyl (C=O) groups is 2. The number of benzene rings is 2. The van der Waals surface area contributed by atoms with Crippen molar-refractivity contribution in [2.45, 2.75) is 26.8 Å². The summed E-state index contributed by atoms with van der Waals surface area (Å²) in [6, 6.07) is 12.0. The van der Waals surface area contributed by atoms with Gasteiger partial charge < -0.3 is 14.8 Å². The zero-order valence-corrected chi connectivity index (χ0v) is 20.5. The van der Waals surface area contributed by atoms with Crippen molar-refractivity contribution in [3.8, 4) is 5.75 Å². The standard InChI is InChI=1S/C26H23N3O5S/c1-5-34-25(32)19-14(3)27-26-29(21(19)15-8-6-7-9-18(15)33-4)24(31)22(35-26)20-16-12-13(2)10-11-17(16)28-23(20)30/h6-12,21H,5H2,1-4H3,(H,28,30)/b22-20-/t21-/m0/s1. The van der Waals surface area contributed by atoms with Gasteiger partial charge in [-0.1, -0.05) is 41.2 Å². The van der Waals surface area contributed by atoms with E-state index in [0.717, 1.165) is 16.9 Å². The monoisotopic (exact) mass is 489 g/mol. The second-order valence-electron chi connectivity index (χ2n) is 8.24. The highest BCUT2D eigenvalue weighted by atomic mass is 32.1. The Labute approximate surface area is 204 Å². The Kier molecular flexibility index (Phi) is 5.64. The summed E-state index contributed by atoms with van der Waals surface area (Å²) in [5.74, 6) is -0.375. The third-order valence-electron chi connectivity index (χ3n) is 6.07. The number of thiazole rings is 1. The number of nitrogens with one attached hydrogen (secondary N) is 1. The molecule has 8 nitrogen and oxygen atoms in total. The first kappa shape index (κ1) is 22.8. The van der Waals surface area contributed by atoms with Crippen LogP contribution in [0.15, 0.2) is 63.5 Å². The van der Waals surface area contributed by atoms with Crippen LogP contribution >= 0.6 is 11.3 Å². The Hall–Kier alpha value is -3.98. The number of anilines is 1. The minimum Gasteiger partial charge on any atom is -0.496 e. The number of allylic oxidation sites excluding steroid dienone is 1. The Morgan fingerprint density at radius 1 is 1.17 bits per heavy atom. The maximum absolute atomic E-state index is 14.0. The summed E-state index contributed by atoms with van der Waals surface area (Å²) in [7, 11) is 1.54. The van der Waals surface area contributed by atoms with E-state index in [2.05, 4.69) is 10.3 Å². The molecule has 0 fully saturated rings. The topological polar surface area (TPSA) is 99.0 Å². The third-order valence-corrected chi connectivity index (χ3v) is 7.13. The number of rotatable bonds is 4. The number of para-hydroxylation sites is 1. The van der Waals surface area contributed by atoms with Gasteiger partial charge in [0.25, 0.3) is 11.5 Å². The lowest BCUT2D eigenvalue weighted by Crippen LogP contribution is -2.40. The molecule has 0 radical (unpaired) electrons. The van der Waals surface area contributed by atoms with E-state index < -0.39 is 17.6 Å². The molecule has 0 spiro atoms. The van der Waals surface area contributed by atoms with Crippen LogP contribution in [0, 0.1) is 6.92 Å². The maximum Gasteiger partial charge on any atom is 0.338 e. The van der Waals surface area contributed by atoms with Gasteiger partial charge in [-0.25, -0.2) is 9.79 Å². The van der Waals surface area contributed by atoms with Crippen molar-refractivity contribution in [2.75, 3.05) is 19.0 Å². The fourth-order valence-electron chi connectivity index (χ4n) is 4.53. The van der Waals surface area contributed by atoms with Gasteiger partial charge in [-0.3, -0.25) is 14.2 Å². The first-order chi connectivity index (χ1) is 16.8. The van der Waals surface area contributed by atoms with Gasteiger partial charge in [0.15, 0.2) is 4.80 Å². The van der Waals surface area contributed by atoms with E-state index in [1.807, 2.05) is 43.3 Å². The highest BCUT2D eigenvalue weighted by Crippen LogP contribution is 2.36. The molecule has 1 N–H and O–H groups in total. The van der Waals surface area contributed by atoms with E-state index in [-0.39, 0.29) is 22.6 Å². The summed E-state index contributed by atoms with van der Waals surface area (Å²) in [4.78, 5) is 45.0. The maximum atomic E-state index is 14.0. The normalized spacial score (nSPS) is 17.9. The molecule has 1 aromatic heterocycles. The first-order valence-corrected chi connectivity index (χ1v) is 11.9. The minimum absolute atomic E-state index is 0.180. The number of methoxy groups -OCH3 is 1. The van der Waals surface area contributed by atoms with Gasteiger partial charge in [0.1, 0.15) is 16.3 Å². The van der Waals surface area contributed by atoms with Gasteiger partial charge in [-0.05, 0) is 39.0 Å². The number of amides is 1. The highest BCUT2D eigenvalue weighted by Gasteiger charge is 2.36. The zero-order chi connectivity index (χ0) is 24.9. The van der Waals surface area contributed by atoms with Crippen molar-refractivity contribution in [1.29, 1.82) is 0 Å². The average molecular weight is 490 g/mol. The van der Waals surface area contributed by atoms with E-state index in [1.54, 1.807) is 19.9 Å². The third kappa shape index (κ3) is 3.59. The van der Waals surface area contributed by atoms with Crippen LogP contribution in [0.4, 0.5) is 5.69 Å². The van der Waals surface area contributed by atoms with Gasteiger partial charge in [0.2, 0.25) is 0 Å². The summed E-state index contributed by atoms with van der Waals surface area (Å²) in [5, 5.41) is 2.84. The molecule has 5 rings (SSSR count). The molecule has 2 aromatic carbocycles. The second kappa shape index (κ2) is 8.66. The summed E-state index contributed by atoms with van der Waals surface area (Å²) in [6.45, 7) is 5.55. The van der Waals surface area contributed by atoms with Crippen LogP contribution in [0.25, 0.3) is 5.57 Å². The molecule has 0 unspecified atom stereocenters. The van der Waals surface area contributed by atoms with Crippen molar-refractivity contribution < 1.29 is 19.1 Å². The fraction of sp³-hybridized carbons (Fsp3) is 0.231. The second-order valence-corrected chi connectivity index (χ2v) is 9.22. The lowest BCUT2D eigenvalue weighted by molar-refractivity contribution is -0.139. The molecule has 0 saturated carbocycles. The Morgan fingerprint density at radius 3 is 2.69 bits per heavy atom. The molecule has 0 saturated heterocycles. The number of hydrogen-bond acceptors (Lipinski definition) is 7. The van der Waals surface area contributed by atoms with E-state index in [4.69, 9.17) is 9.47 Å². The summed E-state index contributed by atoms with van der Waals surface area (Å²) >= 11 is 1.13. The predicted molar refractivity (Wildman–Crippen MR) is 132 cm³/mol. The van der Waals surface area contributed by atoms with Gasteiger partial charge in [0.05, 0.1) is 30.6 Å². The Bertz CT molecular complexity index is 1610. The number of nitrogens with zero attached hydrogens (tertiary/aromatic N) is 2. The van der Waals surface area contributed by atoms with Crippen molar-refractivity contribution in [3.63, 3.8) is 0 Å². The summed E-state index contributed by atoms with van der Waals surface area (Å²) < 4.78 is 12.6. The molecule has 3 aromatic rings. The molecule has 9 heteroatoms. The number of hydrogen-bond donors (Lipinski definition) is 1. The number of carbonyl (C=O) groups excluding carboxylic acids is 2. The van der Waals surface area contributed by atoms with E-state index in [0.29, 0.717) is 38.6 Å². The van der Waals surface area contributed by atoms with E-state index in [1.165, 1.54) is 11.7 Å². The Morgan fingerprint density at radius 2 is 1.94 bits per heavy atom. The van der Waals surface area contributed by atoms with Crippen LogP contribution in [0.3, 0.4) is 0 Å². The summed E-state index contributed by atoms with van der Waals surface area (Å²) in [6.07, 6.45) is 0. The lowest BCUT2D eigenvalue weighted by Gasteiger charge is -2.25. The molecule has 0 bridgehead atoms. The van der Waals surface area contributed by atoms with E-state index >= 15 is 0 Å². The van der Waals surface area contributed by atoms with Gasteiger partial charge in [-0.15, -0.1) is 0 Å². The molecule has 178 valence electrons. The smallest absolute Gasteiger partial charge is 0.338 e. The minimum atomic E-state index is -0.822. The zero-order valence-electron chi connectivity index (χ0n) is 19.7. The number of aromatic nitrogens is 1. The van der Waals surface area contributed by atoms with Crippen LogP contribution in [-0.2, 0) is 14.3 Å². The van der Waals surface area contributed by atoms with Crippen LogP contribution in [0.1, 0.15) is 36.6 Å².